The van der Waals surface area contributed by atoms with Gasteiger partial charge in [-0.15, -0.1) is 0 Å². The number of hydrogen-bond acceptors (Lipinski definition) is 3. The summed E-state index contributed by atoms with van der Waals surface area (Å²) in [6, 6.07) is 31.7. The highest BCUT2D eigenvalue weighted by Crippen LogP contribution is 2.25. The van der Waals surface area contributed by atoms with Crippen LogP contribution in [0.2, 0.25) is 0 Å². The SMILES string of the molecule is S=C(N/N=C/c1ccc(Oc2ccc3ccccc3c2)cc1)Nc1ccccc1. The van der Waals surface area contributed by atoms with Gasteiger partial charge in [0.15, 0.2) is 5.11 Å². The Morgan fingerprint density at radius 1 is 0.759 bits per heavy atom. The number of anilines is 1. The largest absolute Gasteiger partial charge is 0.457 e. The summed E-state index contributed by atoms with van der Waals surface area (Å²) in [5.41, 5.74) is 4.66. The quantitative estimate of drug-likeness (QED) is 0.248. The number of nitrogens with one attached hydrogen (secondary N) is 2. The average Bonchev–Trinajstić information content (AvgIpc) is 2.76. The van der Waals surface area contributed by atoms with Crippen molar-refractivity contribution >= 4 is 40.0 Å². The first-order valence-corrected chi connectivity index (χ1v) is 9.59. The van der Waals surface area contributed by atoms with Crippen LogP contribution in [-0.2, 0) is 0 Å². The molecular weight excluding hydrogens is 378 g/mol. The highest BCUT2D eigenvalue weighted by molar-refractivity contribution is 7.80. The van der Waals surface area contributed by atoms with Crippen molar-refractivity contribution in [1.82, 2.24) is 5.43 Å². The monoisotopic (exact) mass is 397 g/mol. The van der Waals surface area contributed by atoms with Gasteiger partial charge in [0.1, 0.15) is 11.5 Å². The minimum absolute atomic E-state index is 0.434. The lowest BCUT2D eigenvalue weighted by Crippen LogP contribution is -2.23. The van der Waals surface area contributed by atoms with Crippen molar-refractivity contribution in [2.45, 2.75) is 0 Å². The summed E-state index contributed by atoms with van der Waals surface area (Å²) >= 11 is 5.22. The Morgan fingerprint density at radius 3 is 2.24 bits per heavy atom. The molecule has 4 nitrogen and oxygen atoms in total. The number of benzene rings is 4. The first-order chi connectivity index (χ1) is 14.3. The lowest BCUT2D eigenvalue weighted by Gasteiger charge is -2.07. The van der Waals surface area contributed by atoms with Crippen molar-refractivity contribution < 1.29 is 4.74 Å². The number of ether oxygens (including phenoxy) is 1. The molecule has 0 spiro atoms. The molecule has 4 aromatic rings. The van der Waals surface area contributed by atoms with E-state index in [0.29, 0.717) is 5.11 Å². The molecule has 0 saturated heterocycles. The second-order valence-corrected chi connectivity index (χ2v) is 6.78. The summed E-state index contributed by atoms with van der Waals surface area (Å²) in [5, 5.41) is 10.0. The fraction of sp³-hybridized carbons (Fsp3) is 0. The molecule has 0 aromatic heterocycles. The van der Waals surface area contributed by atoms with Gasteiger partial charge in [0.2, 0.25) is 0 Å². The van der Waals surface area contributed by atoms with Crippen molar-refractivity contribution in [3.63, 3.8) is 0 Å². The normalized spacial score (nSPS) is 10.8. The third-order valence-electron chi connectivity index (χ3n) is 4.25. The predicted molar refractivity (Wildman–Crippen MR) is 124 cm³/mol. The molecule has 0 aliphatic carbocycles. The summed E-state index contributed by atoms with van der Waals surface area (Å²) in [7, 11) is 0. The van der Waals surface area contributed by atoms with Gasteiger partial charge in [0, 0.05) is 5.69 Å². The maximum atomic E-state index is 5.96. The number of thiocarbonyl (C=S) groups is 1. The van der Waals surface area contributed by atoms with Crippen LogP contribution in [0.1, 0.15) is 5.56 Å². The van der Waals surface area contributed by atoms with Gasteiger partial charge >= 0.3 is 0 Å². The molecule has 2 N–H and O–H groups in total. The fourth-order valence-corrected chi connectivity index (χ4v) is 3.01. The number of para-hydroxylation sites is 1. The molecule has 0 unspecified atom stereocenters. The summed E-state index contributed by atoms with van der Waals surface area (Å²) in [4.78, 5) is 0. The van der Waals surface area contributed by atoms with Crippen LogP contribution in [0, 0.1) is 0 Å². The Bertz CT molecular complexity index is 1140. The Kier molecular flexibility index (Phi) is 5.78. The van der Waals surface area contributed by atoms with Crippen molar-refractivity contribution in [1.29, 1.82) is 0 Å². The highest BCUT2D eigenvalue weighted by Gasteiger charge is 2.00. The number of hydrazone groups is 1. The van der Waals surface area contributed by atoms with Crippen LogP contribution in [0.3, 0.4) is 0 Å². The van der Waals surface area contributed by atoms with E-state index < -0.39 is 0 Å². The lowest BCUT2D eigenvalue weighted by atomic mass is 10.1. The molecule has 0 fully saturated rings. The Labute approximate surface area is 174 Å². The zero-order valence-electron chi connectivity index (χ0n) is 15.6. The number of fused-ring (bicyclic) bond motifs is 1. The van der Waals surface area contributed by atoms with E-state index in [1.165, 1.54) is 5.39 Å². The molecule has 142 valence electrons. The van der Waals surface area contributed by atoms with Crippen molar-refractivity contribution in [2.75, 3.05) is 5.32 Å². The maximum absolute atomic E-state index is 5.96. The van der Waals surface area contributed by atoms with Crippen LogP contribution in [0.15, 0.2) is 102 Å². The molecule has 0 radical (unpaired) electrons. The Morgan fingerprint density at radius 2 is 1.45 bits per heavy atom. The van der Waals surface area contributed by atoms with E-state index in [4.69, 9.17) is 17.0 Å². The molecule has 29 heavy (non-hydrogen) atoms. The van der Waals surface area contributed by atoms with Gasteiger partial charge in [-0.2, -0.15) is 5.10 Å². The molecule has 4 rings (SSSR count). The third kappa shape index (κ3) is 5.18. The first-order valence-electron chi connectivity index (χ1n) is 9.18. The summed E-state index contributed by atoms with van der Waals surface area (Å²) in [6.45, 7) is 0. The van der Waals surface area contributed by atoms with E-state index in [2.05, 4.69) is 34.0 Å². The molecule has 0 bridgehead atoms. The van der Waals surface area contributed by atoms with Gasteiger partial charge in [-0.05, 0) is 77.1 Å². The van der Waals surface area contributed by atoms with Crippen LogP contribution < -0.4 is 15.5 Å². The van der Waals surface area contributed by atoms with E-state index in [1.54, 1.807) is 6.21 Å². The number of rotatable bonds is 5. The van der Waals surface area contributed by atoms with Crippen molar-refractivity contribution in [3.05, 3.63) is 103 Å². The molecule has 0 atom stereocenters. The van der Waals surface area contributed by atoms with Gasteiger partial charge in [-0.1, -0.05) is 48.5 Å². The summed E-state index contributed by atoms with van der Waals surface area (Å²) in [5.74, 6) is 1.58. The predicted octanol–water partition coefficient (Wildman–Crippen LogP) is 5.95. The Balaban J connectivity index is 1.33. The van der Waals surface area contributed by atoms with E-state index >= 15 is 0 Å². The number of hydrogen-bond donors (Lipinski definition) is 2. The molecule has 0 heterocycles. The zero-order valence-corrected chi connectivity index (χ0v) is 16.4. The van der Waals surface area contributed by atoms with Gasteiger partial charge in [0.25, 0.3) is 0 Å². The molecule has 0 aliphatic rings. The molecule has 0 saturated carbocycles. The minimum Gasteiger partial charge on any atom is -0.457 e. The minimum atomic E-state index is 0.434. The van der Waals surface area contributed by atoms with Gasteiger partial charge in [0.05, 0.1) is 6.21 Å². The molecule has 0 aliphatic heterocycles. The van der Waals surface area contributed by atoms with E-state index in [9.17, 15) is 0 Å². The van der Waals surface area contributed by atoms with Crippen LogP contribution >= 0.6 is 12.2 Å². The van der Waals surface area contributed by atoms with Crippen LogP contribution in [0.5, 0.6) is 11.5 Å². The highest BCUT2D eigenvalue weighted by atomic mass is 32.1. The number of nitrogens with zero attached hydrogens (tertiary/aromatic N) is 1. The molecule has 5 heteroatoms. The third-order valence-corrected chi connectivity index (χ3v) is 4.44. The van der Waals surface area contributed by atoms with Crippen molar-refractivity contribution in [3.8, 4) is 11.5 Å². The molecular formula is C24H19N3OS. The Hall–Kier alpha value is -3.70. The standard InChI is InChI=1S/C24H19N3OS/c29-24(26-21-8-2-1-3-9-21)27-25-17-18-10-13-22(14-11-18)28-23-15-12-19-6-4-5-7-20(19)16-23/h1-17H,(H2,26,27,29)/b25-17+. The van der Waals surface area contributed by atoms with Crippen LogP contribution in [-0.4, -0.2) is 11.3 Å². The van der Waals surface area contributed by atoms with E-state index in [0.717, 1.165) is 28.1 Å². The second kappa shape index (κ2) is 8.99. The first kappa shape index (κ1) is 18.7. The van der Waals surface area contributed by atoms with Gasteiger partial charge < -0.3 is 10.1 Å². The fourth-order valence-electron chi connectivity index (χ4n) is 2.83. The van der Waals surface area contributed by atoms with Crippen LogP contribution in [0.25, 0.3) is 10.8 Å². The van der Waals surface area contributed by atoms with Gasteiger partial charge in [-0.25, -0.2) is 0 Å². The molecule has 0 amide bonds. The van der Waals surface area contributed by atoms with Crippen molar-refractivity contribution in [2.24, 2.45) is 5.10 Å². The average molecular weight is 398 g/mol. The summed E-state index contributed by atoms with van der Waals surface area (Å²) in [6.07, 6.45) is 1.71. The molecule has 4 aromatic carbocycles. The van der Waals surface area contributed by atoms with Crippen LogP contribution in [0.4, 0.5) is 5.69 Å². The second-order valence-electron chi connectivity index (χ2n) is 6.37. The topological polar surface area (TPSA) is 45.7 Å². The summed E-state index contributed by atoms with van der Waals surface area (Å²) < 4.78 is 5.96. The zero-order chi connectivity index (χ0) is 19.9. The van der Waals surface area contributed by atoms with E-state index in [-0.39, 0.29) is 0 Å². The maximum Gasteiger partial charge on any atom is 0.191 e. The smallest absolute Gasteiger partial charge is 0.191 e. The van der Waals surface area contributed by atoms with Gasteiger partial charge in [-0.3, -0.25) is 5.43 Å². The lowest BCUT2D eigenvalue weighted by molar-refractivity contribution is 0.483. The van der Waals surface area contributed by atoms with E-state index in [1.807, 2.05) is 78.9 Å².